The highest BCUT2D eigenvalue weighted by Gasteiger charge is 2.13. The number of halogens is 2. The van der Waals surface area contributed by atoms with Crippen LogP contribution >= 0.6 is 11.6 Å². The molecule has 1 rings (SSSR count). The Morgan fingerprint density at radius 2 is 1.38 bits per heavy atom. The largest absolute Gasteiger partial charge is 0.492 e. The zero-order chi connectivity index (χ0) is 15.5. The lowest BCUT2D eigenvalue weighted by Crippen LogP contribution is -2.02. The molecular weight excluding hydrogens is 291 g/mol. The first kappa shape index (κ1) is 18.1. The van der Waals surface area contributed by atoms with Crippen LogP contribution in [-0.4, -0.2) is 13.2 Å². The Morgan fingerprint density at radius 3 is 2.05 bits per heavy atom. The number of benzene rings is 1. The predicted octanol–water partition coefficient (Wildman–Crippen LogP) is 6.01. The molecule has 1 aromatic rings. The summed E-state index contributed by atoms with van der Waals surface area (Å²) in [6, 6.07) is 3.27. The normalized spacial score (nSPS) is 10.7. The zero-order valence-corrected chi connectivity index (χ0v) is 13.8. The molecule has 4 heteroatoms. The summed E-state index contributed by atoms with van der Waals surface area (Å²) in [6.07, 6.45) is 7.55. The number of rotatable bonds is 11. The molecule has 0 saturated carbocycles. The molecule has 0 spiro atoms. The van der Waals surface area contributed by atoms with E-state index in [1.807, 2.05) is 0 Å². The van der Waals surface area contributed by atoms with Gasteiger partial charge in [-0.25, -0.2) is 4.39 Å². The average Bonchev–Trinajstić information content (AvgIpc) is 2.49. The van der Waals surface area contributed by atoms with Gasteiger partial charge in [-0.3, -0.25) is 0 Å². The first-order valence-corrected chi connectivity index (χ1v) is 8.32. The van der Waals surface area contributed by atoms with Crippen LogP contribution in [0.3, 0.4) is 0 Å². The van der Waals surface area contributed by atoms with Gasteiger partial charge in [0.05, 0.1) is 13.2 Å². The lowest BCUT2D eigenvalue weighted by atomic mass is 10.2. The molecule has 0 aliphatic rings. The van der Waals surface area contributed by atoms with Crippen molar-refractivity contribution in [3.63, 3.8) is 0 Å². The number of ether oxygens (including phenoxy) is 2. The third-order valence-electron chi connectivity index (χ3n) is 3.27. The van der Waals surface area contributed by atoms with Gasteiger partial charge in [0.25, 0.3) is 0 Å². The van der Waals surface area contributed by atoms with Gasteiger partial charge in [0, 0.05) is 0 Å². The van der Waals surface area contributed by atoms with Crippen LogP contribution in [0.25, 0.3) is 0 Å². The van der Waals surface area contributed by atoms with E-state index in [1.54, 1.807) is 12.1 Å². The SMILES string of the molecule is CCCCCCOc1ccc(OCCCCC)c(Cl)c1F. The monoisotopic (exact) mass is 316 g/mol. The Kier molecular flexibility index (Phi) is 9.24. The summed E-state index contributed by atoms with van der Waals surface area (Å²) in [5.74, 6) is 0.0705. The molecule has 0 aromatic heterocycles. The van der Waals surface area contributed by atoms with Crippen molar-refractivity contribution in [1.29, 1.82) is 0 Å². The van der Waals surface area contributed by atoms with Crippen molar-refractivity contribution in [3.05, 3.63) is 23.0 Å². The summed E-state index contributed by atoms with van der Waals surface area (Å²) in [4.78, 5) is 0. The van der Waals surface area contributed by atoms with E-state index >= 15 is 0 Å². The second-order valence-electron chi connectivity index (χ2n) is 5.15. The fourth-order valence-corrected chi connectivity index (χ4v) is 2.19. The first-order chi connectivity index (χ1) is 10.2. The van der Waals surface area contributed by atoms with Crippen LogP contribution in [0.5, 0.6) is 11.5 Å². The van der Waals surface area contributed by atoms with Crippen LogP contribution in [0, 0.1) is 5.82 Å². The fourth-order valence-electron chi connectivity index (χ4n) is 1.98. The van der Waals surface area contributed by atoms with Gasteiger partial charge in [0.2, 0.25) is 0 Å². The van der Waals surface area contributed by atoms with E-state index in [2.05, 4.69) is 13.8 Å². The standard InChI is InChI=1S/C17H26ClFO2/c1-3-5-7-9-13-21-15-11-10-14(16(18)17(15)19)20-12-8-6-4-2/h10-11H,3-9,12-13H2,1-2H3. The molecule has 0 unspecified atom stereocenters. The van der Waals surface area contributed by atoms with Crippen molar-refractivity contribution in [2.75, 3.05) is 13.2 Å². The van der Waals surface area contributed by atoms with Gasteiger partial charge in [-0.1, -0.05) is 57.6 Å². The Hall–Kier alpha value is -0.960. The maximum absolute atomic E-state index is 14.1. The summed E-state index contributed by atoms with van der Waals surface area (Å²) in [7, 11) is 0. The highest BCUT2D eigenvalue weighted by atomic mass is 35.5. The highest BCUT2D eigenvalue weighted by molar-refractivity contribution is 6.32. The lowest BCUT2D eigenvalue weighted by Gasteiger charge is -2.12. The van der Waals surface area contributed by atoms with Crippen LogP contribution in [-0.2, 0) is 0 Å². The zero-order valence-electron chi connectivity index (χ0n) is 13.1. The van der Waals surface area contributed by atoms with Crippen molar-refractivity contribution in [1.82, 2.24) is 0 Å². The maximum atomic E-state index is 14.1. The third-order valence-corrected chi connectivity index (χ3v) is 3.62. The second kappa shape index (κ2) is 10.7. The highest BCUT2D eigenvalue weighted by Crippen LogP contribution is 2.33. The van der Waals surface area contributed by atoms with Crippen molar-refractivity contribution in [2.24, 2.45) is 0 Å². The number of hydrogen-bond acceptors (Lipinski definition) is 2. The fraction of sp³-hybridized carbons (Fsp3) is 0.647. The summed E-state index contributed by atoms with van der Waals surface area (Å²) in [6.45, 7) is 5.35. The van der Waals surface area contributed by atoms with Gasteiger partial charge in [-0.15, -0.1) is 0 Å². The molecule has 21 heavy (non-hydrogen) atoms. The van der Waals surface area contributed by atoms with Crippen LogP contribution in [0.2, 0.25) is 5.02 Å². The summed E-state index contributed by atoms with van der Waals surface area (Å²) < 4.78 is 25.0. The number of hydrogen-bond donors (Lipinski definition) is 0. The first-order valence-electron chi connectivity index (χ1n) is 7.94. The van der Waals surface area contributed by atoms with Crippen molar-refractivity contribution < 1.29 is 13.9 Å². The summed E-state index contributed by atoms with van der Waals surface area (Å²) >= 11 is 5.99. The Balaban J connectivity index is 2.47. The maximum Gasteiger partial charge on any atom is 0.187 e. The molecule has 0 bridgehead atoms. The Bertz CT molecular complexity index is 410. The quantitative estimate of drug-likeness (QED) is 0.466. The van der Waals surface area contributed by atoms with Gasteiger partial charge in [0.15, 0.2) is 11.6 Å². The molecule has 1 aromatic carbocycles. The average molecular weight is 317 g/mol. The number of unbranched alkanes of at least 4 members (excludes halogenated alkanes) is 5. The molecule has 120 valence electrons. The molecule has 0 atom stereocenters. The molecule has 0 radical (unpaired) electrons. The molecule has 0 aliphatic carbocycles. The predicted molar refractivity (Wildman–Crippen MR) is 86.1 cm³/mol. The summed E-state index contributed by atoms with van der Waals surface area (Å²) in [5, 5.41) is 0.0116. The van der Waals surface area contributed by atoms with Crippen molar-refractivity contribution in [3.8, 4) is 11.5 Å². The second-order valence-corrected chi connectivity index (χ2v) is 5.53. The minimum absolute atomic E-state index is 0.0116. The molecule has 0 saturated heterocycles. The summed E-state index contributed by atoms with van der Waals surface area (Å²) in [5.41, 5.74) is 0. The van der Waals surface area contributed by atoms with Gasteiger partial charge in [0.1, 0.15) is 10.8 Å². The molecule has 0 heterocycles. The minimum atomic E-state index is -0.528. The molecule has 2 nitrogen and oxygen atoms in total. The van der Waals surface area contributed by atoms with E-state index in [-0.39, 0.29) is 10.8 Å². The van der Waals surface area contributed by atoms with Crippen LogP contribution in [0.1, 0.15) is 58.8 Å². The van der Waals surface area contributed by atoms with E-state index in [9.17, 15) is 4.39 Å². The topological polar surface area (TPSA) is 18.5 Å². The van der Waals surface area contributed by atoms with E-state index < -0.39 is 5.82 Å². The van der Waals surface area contributed by atoms with Gasteiger partial charge in [-0.05, 0) is 25.0 Å². The molecular formula is C17H26ClFO2. The van der Waals surface area contributed by atoms with Crippen LogP contribution < -0.4 is 9.47 Å². The van der Waals surface area contributed by atoms with Crippen molar-refractivity contribution in [2.45, 2.75) is 58.8 Å². The van der Waals surface area contributed by atoms with E-state index in [0.717, 1.165) is 32.1 Å². The lowest BCUT2D eigenvalue weighted by molar-refractivity contribution is 0.284. The van der Waals surface area contributed by atoms with Crippen molar-refractivity contribution >= 4 is 11.6 Å². The van der Waals surface area contributed by atoms with E-state index in [1.165, 1.54) is 12.8 Å². The molecule has 0 aliphatic heterocycles. The molecule has 0 fully saturated rings. The Morgan fingerprint density at radius 1 is 0.857 bits per heavy atom. The van der Waals surface area contributed by atoms with Crippen LogP contribution in [0.4, 0.5) is 4.39 Å². The van der Waals surface area contributed by atoms with Gasteiger partial charge < -0.3 is 9.47 Å². The third kappa shape index (κ3) is 6.56. The minimum Gasteiger partial charge on any atom is -0.492 e. The molecule has 0 amide bonds. The Labute approximate surface area is 132 Å². The smallest absolute Gasteiger partial charge is 0.187 e. The van der Waals surface area contributed by atoms with Crippen LogP contribution in [0.15, 0.2) is 12.1 Å². The molecule has 0 N–H and O–H groups in total. The van der Waals surface area contributed by atoms with Gasteiger partial charge in [-0.2, -0.15) is 0 Å². The van der Waals surface area contributed by atoms with E-state index in [4.69, 9.17) is 21.1 Å². The van der Waals surface area contributed by atoms with E-state index in [0.29, 0.717) is 19.0 Å². The van der Waals surface area contributed by atoms with Gasteiger partial charge >= 0.3 is 0 Å².